The van der Waals surface area contributed by atoms with E-state index in [1.165, 1.54) is 44.5 Å². The lowest BCUT2D eigenvalue weighted by Gasteiger charge is -2.14. The van der Waals surface area contributed by atoms with E-state index in [-0.39, 0.29) is 0 Å². The van der Waals surface area contributed by atoms with Crippen LogP contribution in [0.4, 0.5) is 0 Å². The molecule has 0 amide bonds. The summed E-state index contributed by atoms with van der Waals surface area (Å²) in [7, 11) is 0. The Hall–Kier alpha value is -3.90. The second-order valence-corrected chi connectivity index (χ2v) is 10.3. The zero-order valence-electron chi connectivity index (χ0n) is 22.4. The first-order valence-corrected chi connectivity index (χ1v) is 14.1. The van der Waals surface area contributed by atoms with Crippen molar-refractivity contribution in [1.82, 2.24) is 0 Å². The molecule has 0 fully saturated rings. The van der Waals surface area contributed by atoms with Crippen molar-refractivity contribution < 1.29 is 0 Å². The highest BCUT2D eigenvalue weighted by Crippen LogP contribution is 2.20. The molecule has 0 saturated carbocycles. The molecule has 5 rings (SSSR count). The Morgan fingerprint density at radius 3 is 0.684 bits per heavy atom. The highest BCUT2D eigenvalue weighted by Gasteiger charge is 2.08. The average molecular weight is 495 g/mol. The minimum Gasteiger partial charge on any atom is -0.0622 e. The van der Waals surface area contributed by atoms with Gasteiger partial charge in [0.1, 0.15) is 0 Å². The fourth-order valence-corrected chi connectivity index (χ4v) is 5.52. The SMILES string of the molecule is c1ccc(CCc2ccccc2CCc2ccccc2CCc2ccccc2CCc2ccccc2)cc1. The number of rotatable bonds is 12. The Morgan fingerprint density at radius 2 is 0.421 bits per heavy atom. The number of aryl methyl sites for hydroxylation is 8. The van der Waals surface area contributed by atoms with Gasteiger partial charge in [-0.1, -0.05) is 133 Å². The molecule has 0 aromatic heterocycles. The molecule has 0 spiro atoms. The van der Waals surface area contributed by atoms with Crippen LogP contribution in [0.25, 0.3) is 0 Å². The van der Waals surface area contributed by atoms with Gasteiger partial charge in [-0.3, -0.25) is 0 Å². The van der Waals surface area contributed by atoms with Crippen LogP contribution in [0.2, 0.25) is 0 Å². The van der Waals surface area contributed by atoms with Crippen molar-refractivity contribution in [2.45, 2.75) is 51.4 Å². The van der Waals surface area contributed by atoms with E-state index in [0.29, 0.717) is 0 Å². The lowest BCUT2D eigenvalue weighted by Crippen LogP contribution is -2.03. The number of benzene rings is 5. The van der Waals surface area contributed by atoms with Crippen molar-refractivity contribution in [3.05, 3.63) is 178 Å². The van der Waals surface area contributed by atoms with Crippen molar-refractivity contribution in [3.63, 3.8) is 0 Å². The summed E-state index contributed by atoms with van der Waals surface area (Å²) in [6.07, 6.45) is 8.76. The van der Waals surface area contributed by atoms with E-state index in [9.17, 15) is 0 Å². The molecule has 0 heterocycles. The zero-order valence-corrected chi connectivity index (χ0v) is 22.4. The van der Waals surface area contributed by atoms with Gasteiger partial charge in [0.05, 0.1) is 0 Å². The minimum atomic E-state index is 1.09. The van der Waals surface area contributed by atoms with Crippen LogP contribution >= 0.6 is 0 Å². The zero-order chi connectivity index (χ0) is 25.8. The van der Waals surface area contributed by atoms with Gasteiger partial charge >= 0.3 is 0 Å². The predicted molar refractivity (Wildman–Crippen MR) is 162 cm³/mol. The second-order valence-electron chi connectivity index (χ2n) is 10.3. The lowest BCUT2D eigenvalue weighted by atomic mass is 9.91. The maximum absolute atomic E-state index is 2.34. The van der Waals surface area contributed by atoms with Crippen LogP contribution in [-0.4, -0.2) is 0 Å². The summed E-state index contributed by atoms with van der Waals surface area (Å²) in [5.41, 5.74) is 11.8. The van der Waals surface area contributed by atoms with E-state index in [4.69, 9.17) is 0 Å². The third kappa shape index (κ3) is 7.33. The molecule has 38 heavy (non-hydrogen) atoms. The quantitative estimate of drug-likeness (QED) is 0.162. The molecule has 0 aliphatic rings. The van der Waals surface area contributed by atoms with Gasteiger partial charge in [-0.05, 0) is 95.9 Å². The second kappa shape index (κ2) is 13.6. The van der Waals surface area contributed by atoms with E-state index in [1.807, 2.05) is 0 Å². The molecule has 0 N–H and O–H groups in total. The highest BCUT2D eigenvalue weighted by molar-refractivity contribution is 5.34. The van der Waals surface area contributed by atoms with Crippen molar-refractivity contribution >= 4 is 0 Å². The van der Waals surface area contributed by atoms with Crippen LogP contribution in [0, 0.1) is 0 Å². The van der Waals surface area contributed by atoms with Gasteiger partial charge in [-0.25, -0.2) is 0 Å². The topological polar surface area (TPSA) is 0 Å². The Morgan fingerprint density at radius 1 is 0.211 bits per heavy atom. The molecule has 0 bridgehead atoms. The third-order valence-electron chi connectivity index (χ3n) is 7.73. The van der Waals surface area contributed by atoms with Crippen molar-refractivity contribution in [1.29, 1.82) is 0 Å². The van der Waals surface area contributed by atoms with E-state index < -0.39 is 0 Å². The highest BCUT2D eigenvalue weighted by atomic mass is 14.1. The van der Waals surface area contributed by atoms with Crippen molar-refractivity contribution in [3.8, 4) is 0 Å². The van der Waals surface area contributed by atoms with Gasteiger partial charge in [-0.15, -0.1) is 0 Å². The fraction of sp³-hybridized carbons (Fsp3) is 0.211. The lowest BCUT2D eigenvalue weighted by molar-refractivity contribution is 0.859. The summed E-state index contributed by atoms with van der Waals surface area (Å²) in [6, 6.07) is 48.8. The summed E-state index contributed by atoms with van der Waals surface area (Å²) in [4.78, 5) is 0. The normalized spacial score (nSPS) is 10.9. The van der Waals surface area contributed by atoms with Gasteiger partial charge in [0.2, 0.25) is 0 Å². The molecular weight excluding hydrogens is 456 g/mol. The van der Waals surface area contributed by atoms with E-state index in [2.05, 4.69) is 133 Å². The molecule has 0 heteroatoms. The molecular formula is C38H38. The van der Waals surface area contributed by atoms with Gasteiger partial charge in [0, 0.05) is 0 Å². The Labute approximate surface area is 229 Å². The van der Waals surface area contributed by atoms with E-state index in [1.54, 1.807) is 0 Å². The first-order chi connectivity index (χ1) is 18.8. The van der Waals surface area contributed by atoms with Gasteiger partial charge in [0.25, 0.3) is 0 Å². The summed E-state index contributed by atoms with van der Waals surface area (Å²) in [6.45, 7) is 0. The number of hydrogen-bond acceptors (Lipinski definition) is 0. The molecule has 5 aromatic carbocycles. The monoisotopic (exact) mass is 494 g/mol. The van der Waals surface area contributed by atoms with Crippen molar-refractivity contribution in [2.75, 3.05) is 0 Å². The largest absolute Gasteiger partial charge is 0.0622 e. The van der Waals surface area contributed by atoms with Crippen LogP contribution in [-0.2, 0) is 51.4 Å². The van der Waals surface area contributed by atoms with Gasteiger partial charge in [0.15, 0.2) is 0 Å². The molecule has 0 nitrogen and oxygen atoms in total. The molecule has 0 aliphatic heterocycles. The summed E-state index contributed by atoms with van der Waals surface area (Å²) in [5.74, 6) is 0. The van der Waals surface area contributed by atoms with E-state index in [0.717, 1.165) is 51.4 Å². The van der Waals surface area contributed by atoms with Crippen molar-refractivity contribution in [2.24, 2.45) is 0 Å². The first-order valence-electron chi connectivity index (χ1n) is 14.1. The maximum Gasteiger partial charge on any atom is -0.0235 e. The molecule has 0 atom stereocenters. The average Bonchev–Trinajstić information content (AvgIpc) is 2.99. The Kier molecular flexibility index (Phi) is 9.20. The van der Waals surface area contributed by atoms with Crippen LogP contribution in [0.3, 0.4) is 0 Å². The Balaban J connectivity index is 1.21. The summed E-state index contributed by atoms with van der Waals surface area (Å²) >= 11 is 0. The van der Waals surface area contributed by atoms with Crippen LogP contribution in [0.5, 0.6) is 0 Å². The van der Waals surface area contributed by atoms with Crippen LogP contribution in [0.1, 0.15) is 44.5 Å². The standard InChI is InChI=1S/C38H38/c1-3-13-31(14-4-1)23-25-33-17-7-9-19-35(33)27-29-37-21-11-12-22-38(37)30-28-36-20-10-8-18-34(36)26-24-32-15-5-2-6-16-32/h1-22H,23-30H2. The molecule has 0 aliphatic carbocycles. The van der Waals surface area contributed by atoms with Crippen LogP contribution < -0.4 is 0 Å². The van der Waals surface area contributed by atoms with Crippen LogP contribution in [0.15, 0.2) is 133 Å². The molecule has 0 radical (unpaired) electrons. The fourth-order valence-electron chi connectivity index (χ4n) is 5.52. The Bertz CT molecular complexity index is 1290. The van der Waals surface area contributed by atoms with Gasteiger partial charge in [-0.2, -0.15) is 0 Å². The third-order valence-corrected chi connectivity index (χ3v) is 7.73. The minimum absolute atomic E-state index is 1.09. The molecule has 0 unspecified atom stereocenters. The van der Waals surface area contributed by atoms with E-state index >= 15 is 0 Å². The number of hydrogen-bond donors (Lipinski definition) is 0. The van der Waals surface area contributed by atoms with Gasteiger partial charge < -0.3 is 0 Å². The maximum atomic E-state index is 2.34. The smallest absolute Gasteiger partial charge is 0.0235 e. The summed E-state index contributed by atoms with van der Waals surface area (Å²) in [5, 5.41) is 0. The first kappa shape index (κ1) is 25.7. The molecule has 5 aromatic rings. The predicted octanol–water partition coefficient (Wildman–Crippen LogP) is 8.83. The summed E-state index contributed by atoms with van der Waals surface area (Å²) < 4.78 is 0. The molecule has 0 saturated heterocycles. The molecule has 190 valence electrons.